The second kappa shape index (κ2) is 8.34. The zero-order chi connectivity index (χ0) is 14.3. The van der Waals surface area contributed by atoms with Gasteiger partial charge in [0.1, 0.15) is 0 Å². The summed E-state index contributed by atoms with van der Waals surface area (Å²) in [7, 11) is 2.07. The SMILES string of the molecule is CCC.CCC(C)c1nn(C)c(C(C)CC)c1C. The molecular formula is C16H32N2. The number of aryl methyl sites for hydroxylation is 1. The summed E-state index contributed by atoms with van der Waals surface area (Å²) in [6.45, 7) is 15.5. The highest BCUT2D eigenvalue weighted by atomic mass is 15.3. The van der Waals surface area contributed by atoms with Crippen molar-refractivity contribution in [3.63, 3.8) is 0 Å². The summed E-state index contributed by atoms with van der Waals surface area (Å²) in [5.41, 5.74) is 4.10. The van der Waals surface area contributed by atoms with Gasteiger partial charge in [-0.05, 0) is 31.2 Å². The van der Waals surface area contributed by atoms with Crippen molar-refractivity contribution in [2.75, 3.05) is 0 Å². The van der Waals surface area contributed by atoms with Gasteiger partial charge in [0.15, 0.2) is 0 Å². The molecule has 2 nitrogen and oxygen atoms in total. The Balaban J connectivity index is 0.000000873. The average Bonchev–Trinajstić information content (AvgIpc) is 2.64. The molecule has 0 aliphatic rings. The van der Waals surface area contributed by atoms with Gasteiger partial charge in [-0.1, -0.05) is 48.0 Å². The van der Waals surface area contributed by atoms with E-state index in [1.54, 1.807) is 0 Å². The summed E-state index contributed by atoms with van der Waals surface area (Å²) >= 11 is 0. The van der Waals surface area contributed by atoms with E-state index in [0.29, 0.717) is 11.8 Å². The molecule has 0 amide bonds. The molecule has 0 saturated heterocycles. The molecule has 0 spiro atoms. The Kier molecular flexibility index (Phi) is 7.97. The van der Waals surface area contributed by atoms with E-state index in [2.05, 4.69) is 65.3 Å². The van der Waals surface area contributed by atoms with Crippen LogP contribution in [0.5, 0.6) is 0 Å². The van der Waals surface area contributed by atoms with E-state index in [4.69, 9.17) is 0 Å². The minimum atomic E-state index is 0.578. The van der Waals surface area contributed by atoms with Gasteiger partial charge in [-0.3, -0.25) is 4.68 Å². The molecule has 0 saturated carbocycles. The Morgan fingerprint density at radius 1 is 1.00 bits per heavy atom. The molecule has 1 aromatic heterocycles. The van der Waals surface area contributed by atoms with Crippen LogP contribution in [0.25, 0.3) is 0 Å². The lowest BCUT2D eigenvalue weighted by Gasteiger charge is -2.11. The maximum absolute atomic E-state index is 4.67. The highest BCUT2D eigenvalue weighted by molar-refractivity contribution is 5.29. The Morgan fingerprint density at radius 2 is 1.44 bits per heavy atom. The van der Waals surface area contributed by atoms with Crippen molar-refractivity contribution in [2.24, 2.45) is 7.05 Å². The summed E-state index contributed by atoms with van der Waals surface area (Å²) in [6.07, 6.45) is 3.60. The molecule has 0 bridgehead atoms. The molecule has 0 radical (unpaired) electrons. The van der Waals surface area contributed by atoms with Crippen molar-refractivity contribution in [3.8, 4) is 0 Å². The molecule has 0 aromatic carbocycles. The maximum atomic E-state index is 4.67. The topological polar surface area (TPSA) is 17.8 Å². The first-order chi connectivity index (χ1) is 8.44. The fourth-order valence-corrected chi connectivity index (χ4v) is 2.21. The van der Waals surface area contributed by atoms with E-state index < -0.39 is 0 Å². The first kappa shape index (κ1) is 17.2. The summed E-state index contributed by atoms with van der Waals surface area (Å²) < 4.78 is 2.07. The molecule has 2 heteroatoms. The summed E-state index contributed by atoms with van der Waals surface area (Å²) in [6, 6.07) is 0. The fourth-order valence-electron chi connectivity index (χ4n) is 2.21. The molecule has 106 valence electrons. The molecule has 1 rings (SSSR count). The minimum absolute atomic E-state index is 0.578. The number of hydrogen-bond acceptors (Lipinski definition) is 1. The van der Waals surface area contributed by atoms with Crippen LogP contribution < -0.4 is 0 Å². The van der Waals surface area contributed by atoms with Crippen LogP contribution >= 0.6 is 0 Å². The number of aromatic nitrogens is 2. The quantitative estimate of drug-likeness (QED) is 0.722. The van der Waals surface area contributed by atoms with Crippen molar-refractivity contribution in [1.29, 1.82) is 0 Å². The van der Waals surface area contributed by atoms with E-state index >= 15 is 0 Å². The second-order valence-corrected chi connectivity index (χ2v) is 5.34. The molecule has 18 heavy (non-hydrogen) atoms. The molecule has 2 unspecified atom stereocenters. The van der Waals surface area contributed by atoms with Gasteiger partial charge in [-0.25, -0.2) is 0 Å². The molecule has 0 aliphatic carbocycles. The molecule has 0 fully saturated rings. The molecule has 0 aliphatic heterocycles. The van der Waals surface area contributed by atoms with Crippen LogP contribution in [0.4, 0.5) is 0 Å². The van der Waals surface area contributed by atoms with Crippen LogP contribution in [0.1, 0.15) is 89.6 Å². The molecule has 2 atom stereocenters. The third-order valence-electron chi connectivity index (χ3n) is 3.53. The van der Waals surface area contributed by atoms with Crippen molar-refractivity contribution >= 4 is 0 Å². The number of hydrogen-bond donors (Lipinski definition) is 0. The lowest BCUT2D eigenvalue weighted by molar-refractivity contribution is 0.610. The minimum Gasteiger partial charge on any atom is -0.272 e. The third-order valence-corrected chi connectivity index (χ3v) is 3.53. The van der Waals surface area contributed by atoms with Gasteiger partial charge in [0.25, 0.3) is 0 Å². The lowest BCUT2D eigenvalue weighted by Crippen LogP contribution is -2.02. The van der Waals surface area contributed by atoms with Crippen molar-refractivity contribution in [2.45, 2.75) is 79.6 Å². The van der Waals surface area contributed by atoms with Gasteiger partial charge in [-0.15, -0.1) is 0 Å². The first-order valence-electron chi connectivity index (χ1n) is 7.47. The highest BCUT2D eigenvalue weighted by Gasteiger charge is 2.19. The van der Waals surface area contributed by atoms with E-state index in [1.165, 1.54) is 29.8 Å². The molecule has 1 aromatic rings. The molecule has 1 heterocycles. The van der Waals surface area contributed by atoms with E-state index in [9.17, 15) is 0 Å². The average molecular weight is 252 g/mol. The smallest absolute Gasteiger partial charge is 0.0684 e. The summed E-state index contributed by atoms with van der Waals surface area (Å²) in [5, 5.41) is 4.67. The van der Waals surface area contributed by atoms with Gasteiger partial charge in [0.05, 0.1) is 5.69 Å². The highest BCUT2D eigenvalue weighted by Crippen LogP contribution is 2.29. The molecule has 0 N–H and O–H groups in total. The molecular weight excluding hydrogens is 220 g/mol. The summed E-state index contributed by atoms with van der Waals surface area (Å²) in [5.74, 6) is 1.19. The Labute approximate surface area is 114 Å². The van der Waals surface area contributed by atoms with Gasteiger partial charge in [0, 0.05) is 18.7 Å². The first-order valence-corrected chi connectivity index (χ1v) is 7.47. The van der Waals surface area contributed by atoms with E-state index in [0.717, 1.165) is 6.42 Å². The van der Waals surface area contributed by atoms with Crippen molar-refractivity contribution < 1.29 is 0 Å². The van der Waals surface area contributed by atoms with Gasteiger partial charge in [-0.2, -0.15) is 5.10 Å². The van der Waals surface area contributed by atoms with Crippen LogP contribution in [-0.2, 0) is 7.05 Å². The normalized spacial score (nSPS) is 13.8. The van der Waals surface area contributed by atoms with Crippen molar-refractivity contribution in [1.82, 2.24) is 9.78 Å². The Morgan fingerprint density at radius 3 is 1.83 bits per heavy atom. The van der Waals surface area contributed by atoms with Crippen LogP contribution in [0.3, 0.4) is 0 Å². The van der Waals surface area contributed by atoms with Gasteiger partial charge >= 0.3 is 0 Å². The van der Waals surface area contributed by atoms with Gasteiger partial charge < -0.3 is 0 Å². The fraction of sp³-hybridized carbons (Fsp3) is 0.812. The predicted octanol–water partition coefficient (Wildman–Crippen LogP) is 5.17. The maximum Gasteiger partial charge on any atom is 0.0684 e. The van der Waals surface area contributed by atoms with Crippen LogP contribution in [0.15, 0.2) is 0 Å². The van der Waals surface area contributed by atoms with Crippen LogP contribution in [0.2, 0.25) is 0 Å². The zero-order valence-electron chi connectivity index (χ0n) is 13.7. The zero-order valence-corrected chi connectivity index (χ0v) is 13.7. The van der Waals surface area contributed by atoms with Gasteiger partial charge in [0.2, 0.25) is 0 Å². The second-order valence-electron chi connectivity index (χ2n) is 5.34. The Hall–Kier alpha value is -0.790. The standard InChI is InChI=1S/C13H24N2.C3H8/c1-7-9(3)12-11(5)13(10(4)8-2)15(6)14-12;1-3-2/h9-10H,7-8H2,1-6H3;3H2,1-2H3. The van der Waals surface area contributed by atoms with Crippen LogP contribution in [0, 0.1) is 6.92 Å². The largest absolute Gasteiger partial charge is 0.272 e. The summed E-state index contributed by atoms with van der Waals surface area (Å²) in [4.78, 5) is 0. The predicted molar refractivity (Wildman–Crippen MR) is 81.3 cm³/mol. The number of rotatable bonds is 4. The monoisotopic (exact) mass is 252 g/mol. The van der Waals surface area contributed by atoms with E-state index in [-0.39, 0.29) is 0 Å². The lowest BCUT2D eigenvalue weighted by atomic mass is 9.95. The third kappa shape index (κ3) is 4.15. The van der Waals surface area contributed by atoms with Crippen LogP contribution in [-0.4, -0.2) is 9.78 Å². The number of nitrogens with zero attached hydrogens (tertiary/aromatic N) is 2. The Bertz CT molecular complexity index is 339. The van der Waals surface area contributed by atoms with E-state index in [1.807, 2.05) is 0 Å². The van der Waals surface area contributed by atoms with Crippen molar-refractivity contribution in [3.05, 3.63) is 17.0 Å².